The summed E-state index contributed by atoms with van der Waals surface area (Å²) in [5.74, 6) is -2.27. The maximum atomic E-state index is 11.1. The van der Waals surface area contributed by atoms with Gasteiger partial charge >= 0.3 is 17.9 Å². The fourth-order valence-corrected chi connectivity index (χ4v) is 1.20. The zero-order valence-electron chi connectivity index (χ0n) is 11.3. The molecule has 0 spiro atoms. The van der Waals surface area contributed by atoms with E-state index in [0.717, 1.165) is 12.2 Å². The molecule has 1 atom stereocenters. The minimum atomic E-state index is -1.01. The number of allylic oxidation sites excluding steroid dienone is 1. The Bertz CT molecular complexity index is 421. The number of carboxylic acids is 1. The molecule has 1 unspecified atom stereocenters. The highest BCUT2D eigenvalue weighted by atomic mass is 16.6. The molecule has 1 N–H and O–H groups in total. The fraction of sp³-hybridized carbons (Fsp3) is 0.357. The number of aliphatic carboxylic acids is 1. The van der Waals surface area contributed by atoms with Gasteiger partial charge in [-0.15, -0.1) is 0 Å². The monoisotopic (exact) mass is 282 g/mol. The Morgan fingerprint density at radius 1 is 1.20 bits per heavy atom. The summed E-state index contributed by atoms with van der Waals surface area (Å²) in [5, 5.41) is 8.69. The lowest BCUT2D eigenvalue weighted by molar-refractivity contribution is -0.153. The van der Waals surface area contributed by atoms with Crippen molar-refractivity contribution in [1.82, 2.24) is 0 Å². The van der Waals surface area contributed by atoms with Crippen LogP contribution in [0.5, 0.6) is 0 Å². The van der Waals surface area contributed by atoms with Gasteiger partial charge in [0.1, 0.15) is 12.7 Å². The number of hydrogen-bond acceptors (Lipinski definition) is 5. The molecular weight excluding hydrogens is 264 g/mol. The Kier molecular flexibility index (Phi) is 8.41. The highest BCUT2D eigenvalue weighted by Crippen LogP contribution is 2.07. The minimum Gasteiger partial charge on any atom is -0.478 e. The zero-order valence-corrected chi connectivity index (χ0v) is 11.3. The topological polar surface area (TPSA) is 89.9 Å². The van der Waals surface area contributed by atoms with Crippen LogP contribution in [0.2, 0.25) is 0 Å². The summed E-state index contributed by atoms with van der Waals surface area (Å²) in [6, 6.07) is 0. The molecule has 0 aromatic heterocycles. The number of hydrogen-bond donors (Lipinski definition) is 1. The molecule has 110 valence electrons. The van der Waals surface area contributed by atoms with Crippen LogP contribution in [0.4, 0.5) is 0 Å². The molecule has 0 bridgehead atoms. The van der Waals surface area contributed by atoms with E-state index in [9.17, 15) is 14.4 Å². The van der Waals surface area contributed by atoms with Crippen molar-refractivity contribution in [2.24, 2.45) is 0 Å². The fourth-order valence-electron chi connectivity index (χ4n) is 1.20. The molecule has 0 amide bonds. The number of carbonyl (C=O) groups excluding carboxylic acids is 2. The van der Waals surface area contributed by atoms with Crippen LogP contribution in [0, 0.1) is 0 Å². The van der Waals surface area contributed by atoms with Crippen molar-refractivity contribution < 1.29 is 29.0 Å². The van der Waals surface area contributed by atoms with Gasteiger partial charge in [0.15, 0.2) is 0 Å². The zero-order chi connectivity index (χ0) is 15.5. The average molecular weight is 282 g/mol. The van der Waals surface area contributed by atoms with Gasteiger partial charge in [0, 0.05) is 17.7 Å². The number of esters is 2. The summed E-state index contributed by atoms with van der Waals surface area (Å²) in [5.41, 5.74) is 0.196. The summed E-state index contributed by atoms with van der Waals surface area (Å²) in [6.07, 6.45) is 3.55. The van der Waals surface area contributed by atoms with Crippen molar-refractivity contribution in [2.45, 2.75) is 25.9 Å². The lowest BCUT2D eigenvalue weighted by Gasteiger charge is -2.15. The highest BCUT2D eigenvalue weighted by Gasteiger charge is 2.14. The molecule has 0 aliphatic heterocycles. The van der Waals surface area contributed by atoms with E-state index >= 15 is 0 Å². The SMILES string of the molecule is C=CC(=O)OCC(CCC=C(C)C(=O)O)OC(=O)C=C. The predicted octanol–water partition coefficient (Wildman–Crippen LogP) is 1.62. The van der Waals surface area contributed by atoms with Gasteiger partial charge in [0.05, 0.1) is 0 Å². The predicted molar refractivity (Wildman–Crippen MR) is 71.9 cm³/mol. The molecule has 0 aromatic rings. The average Bonchev–Trinajstić information content (AvgIpc) is 2.43. The van der Waals surface area contributed by atoms with Crippen LogP contribution >= 0.6 is 0 Å². The van der Waals surface area contributed by atoms with Gasteiger partial charge in [-0.3, -0.25) is 0 Å². The van der Waals surface area contributed by atoms with E-state index in [1.165, 1.54) is 13.0 Å². The van der Waals surface area contributed by atoms with Gasteiger partial charge in [-0.1, -0.05) is 19.2 Å². The lowest BCUT2D eigenvalue weighted by atomic mass is 10.1. The van der Waals surface area contributed by atoms with Crippen molar-refractivity contribution in [2.75, 3.05) is 6.61 Å². The Morgan fingerprint density at radius 3 is 2.30 bits per heavy atom. The normalized spacial score (nSPS) is 12.2. The summed E-state index contributed by atoms with van der Waals surface area (Å²) in [7, 11) is 0. The van der Waals surface area contributed by atoms with E-state index in [4.69, 9.17) is 14.6 Å². The van der Waals surface area contributed by atoms with Crippen LogP contribution in [0.1, 0.15) is 19.8 Å². The molecule has 20 heavy (non-hydrogen) atoms. The molecule has 0 fully saturated rings. The number of rotatable bonds is 9. The maximum absolute atomic E-state index is 11.1. The summed E-state index contributed by atoms with van der Waals surface area (Å²) in [4.78, 5) is 32.7. The van der Waals surface area contributed by atoms with Gasteiger partial charge in [0.2, 0.25) is 0 Å². The highest BCUT2D eigenvalue weighted by molar-refractivity contribution is 5.85. The summed E-state index contributed by atoms with van der Waals surface area (Å²) >= 11 is 0. The third kappa shape index (κ3) is 7.86. The molecule has 6 nitrogen and oxygen atoms in total. The smallest absolute Gasteiger partial charge is 0.330 e. The van der Waals surface area contributed by atoms with Gasteiger partial charge < -0.3 is 14.6 Å². The number of carboxylic acid groups (broad SMARTS) is 1. The van der Waals surface area contributed by atoms with E-state index in [1.807, 2.05) is 0 Å². The number of ether oxygens (including phenoxy) is 2. The first-order valence-electron chi connectivity index (χ1n) is 5.93. The van der Waals surface area contributed by atoms with E-state index in [1.54, 1.807) is 0 Å². The lowest BCUT2D eigenvalue weighted by Crippen LogP contribution is -2.24. The molecular formula is C14H18O6. The third-order valence-corrected chi connectivity index (χ3v) is 2.30. The molecule has 6 heteroatoms. The van der Waals surface area contributed by atoms with Crippen LogP contribution in [0.3, 0.4) is 0 Å². The second-order valence-corrected chi connectivity index (χ2v) is 3.87. The van der Waals surface area contributed by atoms with Gasteiger partial charge in [-0.05, 0) is 19.8 Å². The van der Waals surface area contributed by atoms with Crippen molar-refractivity contribution >= 4 is 17.9 Å². The second-order valence-electron chi connectivity index (χ2n) is 3.87. The first kappa shape index (κ1) is 17.6. The van der Waals surface area contributed by atoms with Crippen molar-refractivity contribution in [3.63, 3.8) is 0 Å². The van der Waals surface area contributed by atoms with Crippen LogP contribution in [0.15, 0.2) is 37.0 Å². The Morgan fingerprint density at radius 2 is 1.80 bits per heavy atom. The standard InChI is InChI=1S/C14H18O6/c1-4-12(15)19-9-11(20-13(16)5-2)8-6-7-10(3)14(17)18/h4-5,7,11H,1-2,6,8-9H2,3H3,(H,17,18). The van der Waals surface area contributed by atoms with Gasteiger partial charge in [-0.25, -0.2) is 14.4 Å². The second kappa shape index (κ2) is 9.55. The third-order valence-electron chi connectivity index (χ3n) is 2.30. The van der Waals surface area contributed by atoms with Gasteiger partial charge in [-0.2, -0.15) is 0 Å². The number of carbonyl (C=O) groups is 3. The van der Waals surface area contributed by atoms with Crippen molar-refractivity contribution in [1.29, 1.82) is 0 Å². The molecule has 0 aliphatic carbocycles. The molecule has 0 aromatic carbocycles. The van der Waals surface area contributed by atoms with Crippen LogP contribution in [0.25, 0.3) is 0 Å². The first-order chi connectivity index (χ1) is 9.40. The summed E-state index contributed by atoms with van der Waals surface area (Å²) < 4.78 is 9.79. The van der Waals surface area contributed by atoms with Crippen LogP contribution < -0.4 is 0 Å². The van der Waals surface area contributed by atoms with Gasteiger partial charge in [0.25, 0.3) is 0 Å². The quantitative estimate of drug-likeness (QED) is 0.510. The molecule has 0 saturated carbocycles. The molecule has 0 aliphatic rings. The first-order valence-corrected chi connectivity index (χ1v) is 5.93. The van der Waals surface area contributed by atoms with E-state index in [-0.39, 0.29) is 12.2 Å². The Hall–Kier alpha value is -2.37. The van der Waals surface area contributed by atoms with E-state index in [0.29, 0.717) is 12.8 Å². The summed E-state index contributed by atoms with van der Waals surface area (Å²) in [6.45, 7) is 7.86. The van der Waals surface area contributed by atoms with Crippen molar-refractivity contribution in [3.05, 3.63) is 37.0 Å². The molecule has 0 radical (unpaired) electrons. The van der Waals surface area contributed by atoms with Crippen LogP contribution in [-0.4, -0.2) is 35.7 Å². The Balaban J connectivity index is 4.44. The van der Waals surface area contributed by atoms with Crippen LogP contribution in [-0.2, 0) is 23.9 Å². The van der Waals surface area contributed by atoms with E-state index < -0.39 is 24.0 Å². The van der Waals surface area contributed by atoms with E-state index in [2.05, 4.69) is 13.2 Å². The van der Waals surface area contributed by atoms with Crippen molar-refractivity contribution in [3.8, 4) is 0 Å². The molecule has 0 heterocycles. The minimum absolute atomic E-state index is 0.121. The molecule has 0 rings (SSSR count). The molecule has 0 saturated heterocycles. The maximum Gasteiger partial charge on any atom is 0.330 e. The Labute approximate surface area is 117 Å². The largest absolute Gasteiger partial charge is 0.478 e.